The van der Waals surface area contributed by atoms with Gasteiger partial charge in [0.05, 0.1) is 0 Å². The van der Waals surface area contributed by atoms with Gasteiger partial charge in [-0.25, -0.2) is 0 Å². The van der Waals surface area contributed by atoms with Crippen LogP contribution in [0, 0.1) is 0 Å². The summed E-state index contributed by atoms with van der Waals surface area (Å²) in [4.78, 5) is 0. The van der Waals surface area contributed by atoms with Crippen molar-refractivity contribution in [3.05, 3.63) is 48.0 Å². The van der Waals surface area contributed by atoms with E-state index in [1.807, 2.05) is 12.2 Å². The van der Waals surface area contributed by atoms with Gasteiger partial charge in [0.2, 0.25) is 0 Å². The van der Waals surface area contributed by atoms with Gasteiger partial charge >= 0.3 is 0 Å². The van der Waals surface area contributed by atoms with E-state index < -0.39 is 0 Å². The lowest BCUT2D eigenvalue weighted by molar-refractivity contribution is 0.287. The van der Waals surface area contributed by atoms with Gasteiger partial charge in [-0.1, -0.05) is 24.3 Å². The molecule has 2 aliphatic carbocycles. The molecule has 0 aliphatic heterocycles. The van der Waals surface area contributed by atoms with E-state index in [-0.39, 0.29) is 0 Å². The molecule has 0 saturated heterocycles. The highest BCUT2D eigenvalue weighted by Crippen LogP contribution is 2.29. The predicted molar refractivity (Wildman–Crippen MR) is 54.0 cm³/mol. The smallest absolute Gasteiger partial charge is 0.104 e. The molecule has 0 heterocycles. The van der Waals surface area contributed by atoms with Crippen molar-refractivity contribution in [1.29, 1.82) is 0 Å². The Kier molecular flexibility index (Phi) is 2.09. The first-order valence-electron chi connectivity index (χ1n) is 4.68. The van der Waals surface area contributed by atoms with E-state index in [4.69, 9.17) is 4.74 Å². The first kappa shape index (κ1) is 8.36. The Labute approximate surface area is 79.1 Å². The van der Waals surface area contributed by atoms with Crippen molar-refractivity contribution in [1.82, 2.24) is 0 Å². The fourth-order valence-corrected chi connectivity index (χ4v) is 1.64. The van der Waals surface area contributed by atoms with E-state index in [1.165, 1.54) is 11.1 Å². The molecule has 2 rings (SSSR count). The summed E-state index contributed by atoms with van der Waals surface area (Å²) in [5.74, 6) is 2.12. The SMILES string of the molecule is C=C1C=C(OC2=CC(=C)CC2)CC1. The van der Waals surface area contributed by atoms with Crippen molar-refractivity contribution < 1.29 is 4.74 Å². The van der Waals surface area contributed by atoms with Gasteiger partial charge in [0, 0.05) is 12.8 Å². The molecule has 1 nitrogen and oxygen atoms in total. The third-order valence-electron chi connectivity index (χ3n) is 2.38. The van der Waals surface area contributed by atoms with Crippen LogP contribution in [-0.2, 0) is 4.74 Å². The van der Waals surface area contributed by atoms with Gasteiger partial charge in [-0.2, -0.15) is 0 Å². The molecule has 0 N–H and O–H groups in total. The zero-order valence-electron chi connectivity index (χ0n) is 7.81. The molecule has 13 heavy (non-hydrogen) atoms. The van der Waals surface area contributed by atoms with Crippen LogP contribution in [0.15, 0.2) is 48.0 Å². The van der Waals surface area contributed by atoms with Crippen LogP contribution in [0.5, 0.6) is 0 Å². The molecule has 0 amide bonds. The maximum atomic E-state index is 5.71. The average molecular weight is 174 g/mol. The standard InChI is InChI=1S/C12H14O/c1-9-3-5-11(7-9)13-12-6-4-10(2)8-12/h7-8H,1-6H2. The summed E-state index contributed by atoms with van der Waals surface area (Å²) in [7, 11) is 0. The van der Waals surface area contributed by atoms with Crippen molar-refractivity contribution in [2.24, 2.45) is 0 Å². The molecule has 0 atom stereocenters. The Bertz CT molecular complexity index is 286. The highest BCUT2D eigenvalue weighted by molar-refractivity contribution is 5.29. The van der Waals surface area contributed by atoms with Crippen molar-refractivity contribution >= 4 is 0 Å². The molecule has 0 radical (unpaired) electrons. The summed E-state index contributed by atoms with van der Waals surface area (Å²) in [6, 6.07) is 0. The zero-order chi connectivity index (χ0) is 9.26. The van der Waals surface area contributed by atoms with E-state index in [9.17, 15) is 0 Å². The Balaban J connectivity index is 1.99. The van der Waals surface area contributed by atoms with Crippen LogP contribution in [0.3, 0.4) is 0 Å². The van der Waals surface area contributed by atoms with Crippen molar-refractivity contribution in [3.8, 4) is 0 Å². The van der Waals surface area contributed by atoms with E-state index in [2.05, 4.69) is 13.2 Å². The molecule has 0 aromatic rings. The fourth-order valence-electron chi connectivity index (χ4n) is 1.64. The lowest BCUT2D eigenvalue weighted by Gasteiger charge is -2.05. The largest absolute Gasteiger partial charge is 0.466 e. The number of rotatable bonds is 2. The summed E-state index contributed by atoms with van der Waals surface area (Å²) < 4.78 is 5.71. The van der Waals surface area contributed by atoms with Crippen LogP contribution in [0.1, 0.15) is 25.7 Å². The predicted octanol–water partition coefficient (Wildman–Crippen LogP) is 3.47. The summed E-state index contributed by atoms with van der Waals surface area (Å²) in [6.07, 6.45) is 8.18. The van der Waals surface area contributed by atoms with Crippen molar-refractivity contribution in [2.75, 3.05) is 0 Å². The first-order chi connectivity index (χ1) is 6.24. The monoisotopic (exact) mass is 174 g/mol. The van der Waals surface area contributed by atoms with Gasteiger partial charge in [0.25, 0.3) is 0 Å². The lowest BCUT2D eigenvalue weighted by atomic mass is 10.3. The quantitative estimate of drug-likeness (QED) is 0.622. The second kappa shape index (κ2) is 3.25. The van der Waals surface area contributed by atoms with Gasteiger partial charge in [-0.3, -0.25) is 0 Å². The molecule has 0 aromatic heterocycles. The summed E-state index contributed by atoms with van der Waals surface area (Å²) in [5.41, 5.74) is 2.35. The molecule has 2 aliphatic rings. The first-order valence-corrected chi connectivity index (χ1v) is 4.68. The highest BCUT2D eigenvalue weighted by Gasteiger charge is 2.14. The van der Waals surface area contributed by atoms with Crippen LogP contribution in [0.25, 0.3) is 0 Å². The van der Waals surface area contributed by atoms with Gasteiger partial charge in [-0.05, 0) is 25.0 Å². The molecule has 0 bridgehead atoms. The van der Waals surface area contributed by atoms with E-state index in [1.54, 1.807) is 0 Å². The minimum absolute atomic E-state index is 1.00. The Morgan fingerprint density at radius 3 is 1.62 bits per heavy atom. The maximum absolute atomic E-state index is 5.71. The van der Waals surface area contributed by atoms with Crippen LogP contribution in [0.2, 0.25) is 0 Å². The molecule has 0 fully saturated rings. The molecule has 68 valence electrons. The summed E-state index contributed by atoms with van der Waals surface area (Å²) >= 11 is 0. The van der Waals surface area contributed by atoms with E-state index >= 15 is 0 Å². The molecule has 0 unspecified atom stereocenters. The molecular formula is C12H14O. The second-order valence-corrected chi connectivity index (χ2v) is 3.64. The van der Waals surface area contributed by atoms with Crippen LogP contribution in [0.4, 0.5) is 0 Å². The molecule has 0 aromatic carbocycles. The van der Waals surface area contributed by atoms with Crippen LogP contribution in [-0.4, -0.2) is 0 Å². The van der Waals surface area contributed by atoms with E-state index in [0.29, 0.717) is 0 Å². The zero-order valence-corrected chi connectivity index (χ0v) is 7.81. The van der Waals surface area contributed by atoms with Gasteiger partial charge < -0.3 is 4.74 Å². The molecule has 1 heteroatoms. The molecule has 0 spiro atoms. The lowest BCUT2D eigenvalue weighted by Crippen LogP contribution is -1.87. The van der Waals surface area contributed by atoms with Crippen molar-refractivity contribution in [3.63, 3.8) is 0 Å². The van der Waals surface area contributed by atoms with E-state index in [0.717, 1.165) is 37.2 Å². The van der Waals surface area contributed by atoms with Crippen LogP contribution < -0.4 is 0 Å². The minimum atomic E-state index is 1.00. The minimum Gasteiger partial charge on any atom is -0.466 e. The summed E-state index contributed by atoms with van der Waals surface area (Å²) in [5, 5.41) is 0. The maximum Gasteiger partial charge on any atom is 0.104 e. The third-order valence-corrected chi connectivity index (χ3v) is 2.38. The number of ether oxygens (including phenoxy) is 1. The molecular weight excluding hydrogens is 160 g/mol. The average Bonchev–Trinajstić information content (AvgIpc) is 2.62. The Morgan fingerprint density at radius 2 is 1.31 bits per heavy atom. The van der Waals surface area contributed by atoms with Crippen LogP contribution >= 0.6 is 0 Å². The van der Waals surface area contributed by atoms with Gasteiger partial charge in [0.1, 0.15) is 11.5 Å². The van der Waals surface area contributed by atoms with Gasteiger partial charge in [-0.15, -0.1) is 0 Å². The normalized spacial score (nSPS) is 21.8. The Morgan fingerprint density at radius 1 is 0.846 bits per heavy atom. The molecule has 0 saturated carbocycles. The topological polar surface area (TPSA) is 9.23 Å². The third kappa shape index (κ3) is 1.92. The number of hydrogen-bond acceptors (Lipinski definition) is 1. The number of hydrogen-bond donors (Lipinski definition) is 0. The Hall–Kier alpha value is -1.24. The fraction of sp³-hybridized carbons (Fsp3) is 0.333. The highest BCUT2D eigenvalue weighted by atomic mass is 16.5. The van der Waals surface area contributed by atoms with Crippen molar-refractivity contribution in [2.45, 2.75) is 25.7 Å². The second-order valence-electron chi connectivity index (χ2n) is 3.64. The number of allylic oxidation sites excluding steroid dienone is 6. The summed E-state index contributed by atoms with van der Waals surface area (Å²) in [6.45, 7) is 7.80. The van der Waals surface area contributed by atoms with Gasteiger partial charge in [0.15, 0.2) is 0 Å².